The molecule has 1 saturated carbocycles. The molecule has 1 N–H and O–H groups in total. The maximum Gasteiger partial charge on any atom is 0.163 e. The molecule has 0 amide bonds. The lowest BCUT2D eigenvalue weighted by Gasteiger charge is -2.42. The van der Waals surface area contributed by atoms with E-state index in [0.29, 0.717) is 5.56 Å². The lowest BCUT2D eigenvalue weighted by Crippen LogP contribution is -2.42. The molecule has 1 fully saturated rings. The predicted octanol–water partition coefficient (Wildman–Crippen LogP) is 5.03. The second kappa shape index (κ2) is 7.71. The summed E-state index contributed by atoms with van der Waals surface area (Å²) in [5.41, 5.74) is 0.149. The van der Waals surface area contributed by atoms with Gasteiger partial charge < -0.3 is 5.11 Å². The van der Waals surface area contributed by atoms with Crippen LogP contribution in [-0.2, 0) is 4.79 Å². The Morgan fingerprint density at radius 2 is 1.50 bits per heavy atom. The first-order valence-corrected chi connectivity index (χ1v) is 9.34. The fourth-order valence-electron chi connectivity index (χ4n) is 4.10. The Balaban J connectivity index is 2.34. The van der Waals surface area contributed by atoms with Crippen LogP contribution in [0.3, 0.4) is 0 Å². The van der Waals surface area contributed by atoms with Gasteiger partial charge in [-0.3, -0.25) is 4.79 Å². The summed E-state index contributed by atoms with van der Waals surface area (Å²) in [5.74, 6) is -1.94. The van der Waals surface area contributed by atoms with Crippen LogP contribution >= 0.6 is 0 Å². The van der Waals surface area contributed by atoms with Gasteiger partial charge >= 0.3 is 0 Å². The average molecular weight is 370 g/mol. The zero-order valence-corrected chi connectivity index (χ0v) is 16.0. The minimum absolute atomic E-state index is 0.0145. The number of rotatable bonds is 3. The van der Waals surface area contributed by atoms with E-state index in [9.17, 15) is 20.4 Å². The van der Waals surface area contributed by atoms with Crippen molar-refractivity contribution in [2.75, 3.05) is 0 Å². The Morgan fingerprint density at radius 3 is 1.96 bits per heavy atom. The van der Waals surface area contributed by atoms with Crippen LogP contribution in [0.2, 0.25) is 0 Å². The van der Waals surface area contributed by atoms with Gasteiger partial charge in [0, 0.05) is 29.7 Å². The molecule has 140 valence electrons. The second-order valence-corrected chi connectivity index (χ2v) is 7.48. The van der Waals surface area contributed by atoms with Crippen LogP contribution in [-0.4, -0.2) is 10.9 Å². The summed E-state index contributed by atoms with van der Waals surface area (Å²) in [6.45, 7) is 3.59. The SMILES string of the molecule is CC(C)/C(O)=C1\C(=O)C[C@@H](c2ccccc2)C(C#N)(C#N)[C@@H]1c1ccccc1. The zero-order valence-electron chi connectivity index (χ0n) is 16.0. The molecule has 3 rings (SSSR count). The number of hydrogen-bond acceptors (Lipinski definition) is 4. The summed E-state index contributed by atoms with van der Waals surface area (Å²) in [4.78, 5) is 13.2. The minimum Gasteiger partial charge on any atom is -0.512 e. The van der Waals surface area contributed by atoms with Gasteiger partial charge in [0.1, 0.15) is 5.76 Å². The zero-order chi connectivity index (χ0) is 20.3. The largest absolute Gasteiger partial charge is 0.512 e. The van der Waals surface area contributed by atoms with Crippen molar-refractivity contribution >= 4 is 5.78 Å². The van der Waals surface area contributed by atoms with Crippen LogP contribution in [0.15, 0.2) is 72.0 Å². The summed E-state index contributed by atoms with van der Waals surface area (Å²) in [5, 5.41) is 31.3. The van der Waals surface area contributed by atoms with Gasteiger partial charge in [0.05, 0.1) is 12.1 Å². The molecule has 4 heteroatoms. The van der Waals surface area contributed by atoms with Crippen molar-refractivity contribution in [3.63, 3.8) is 0 Å². The van der Waals surface area contributed by atoms with E-state index in [1.807, 2.05) is 60.7 Å². The summed E-state index contributed by atoms with van der Waals surface area (Å²) in [6, 6.07) is 22.8. The topological polar surface area (TPSA) is 84.9 Å². The third-order valence-electron chi connectivity index (χ3n) is 5.51. The van der Waals surface area contributed by atoms with Gasteiger partial charge in [-0.05, 0) is 11.1 Å². The number of ketones is 1. The molecule has 0 aromatic heterocycles. The molecular formula is C24H22N2O2. The first-order chi connectivity index (χ1) is 13.5. The molecule has 0 spiro atoms. The lowest BCUT2D eigenvalue weighted by atomic mass is 9.55. The van der Waals surface area contributed by atoms with E-state index in [2.05, 4.69) is 12.1 Å². The maximum atomic E-state index is 13.2. The number of aliphatic hydroxyl groups is 1. The van der Waals surface area contributed by atoms with Crippen LogP contribution in [0.1, 0.15) is 43.2 Å². The monoisotopic (exact) mass is 370 g/mol. The van der Waals surface area contributed by atoms with E-state index in [0.717, 1.165) is 5.56 Å². The van der Waals surface area contributed by atoms with Crippen molar-refractivity contribution in [1.29, 1.82) is 10.5 Å². The van der Waals surface area contributed by atoms with Gasteiger partial charge in [0.2, 0.25) is 0 Å². The van der Waals surface area contributed by atoms with Crippen molar-refractivity contribution in [1.82, 2.24) is 0 Å². The van der Waals surface area contributed by atoms with Crippen LogP contribution in [0.5, 0.6) is 0 Å². The third kappa shape index (κ3) is 3.08. The number of aliphatic hydroxyl groups excluding tert-OH is 1. The molecular weight excluding hydrogens is 348 g/mol. The van der Waals surface area contributed by atoms with Crippen LogP contribution in [0.4, 0.5) is 0 Å². The third-order valence-corrected chi connectivity index (χ3v) is 5.51. The molecule has 0 unspecified atom stereocenters. The standard InChI is InChI=1S/C24H22N2O2/c1-16(2)23(28)21-20(27)13-19(17-9-5-3-6-10-17)24(14-25,15-26)22(21)18-11-7-4-8-12-18/h3-12,16,19,22,28H,13H2,1-2H3/b23-21-/t19-,22+/m0/s1. The highest BCUT2D eigenvalue weighted by molar-refractivity contribution is 6.00. The first-order valence-electron chi connectivity index (χ1n) is 9.34. The second-order valence-electron chi connectivity index (χ2n) is 7.48. The first kappa shape index (κ1) is 19.4. The molecule has 0 heterocycles. The van der Waals surface area contributed by atoms with Crippen molar-refractivity contribution in [3.05, 3.63) is 83.1 Å². The number of carbonyl (C=O) groups excluding carboxylic acids is 1. The number of hydrogen-bond donors (Lipinski definition) is 1. The van der Waals surface area contributed by atoms with Crippen LogP contribution < -0.4 is 0 Å². The molecule has 2 aromatic carbocycles. The highest BCUT2D eigenvalue weighted by Gasteiger charge is 2.56. The molecule has 0 radical (unpaired) electrons. The number of carbonyl (C=O) groups is 1. The molecule has 2 aromatic rings. The molecule has 1 aliphatic carbocycles. The number of nitriles is 2. The Labute approximate surface area is 165 Å². The van der Waals surface area contributed by atoms with Crippen LogP contribution in [0, 0.1) is 34.0 Å². The van der Waals surface area contributed by atoms with E-state index in [1.165, 1.54) is 0 Å². The van der Waals surface area contributed by atoms with Gasteiger partial charge in [0.15, 0.2) is 11.2 Å². The Hall–Kier alpha value is -3.37. The number of nitrogens with zero attached hydrogens (tertiary/aromatic N) is 2. The van der Waals surface area contributed by atoms with E-state index in [-0.39, 0.29) is 29.5 Å². The van der Waals surface area contributed by atoms with E-state index < -0.39 is 17.3 Å². The molecule has 0 saturated heterocycles. The van der Waals surface area contributed by atoms with Gasteiger partial charge in [-0.1, -0.05) is 74.5 Å². The Bertz CT molecular complexity index is 965. The maximum absolute atomic E-state index is 13.2. The van der Waals surface area contributed by atoms with E-state index >= 15 is 0 Å². The molecule has 4 nitrogen and oxygen atoms in total. The molecule has 0 bridgehead atoms. The van der Waals surface area contributed by atoms with Crippen molar-refractivity contribution in [2.24, 2.45) is 11.3 Å². The molecule has 28 heavy (non-hydrogen) atoms. The van der Waals surface area contributed by atoms with Gasteiger partial charge in [-0.25, -0.2) is 0 Å². The normalized spacial score (nSPS) is 23.0. The average Bonchev–Trinajstić information content (AvgIpc) is 2.73. The van der Waals surface area contributed by atoms with Gasteiger partial charge in [-0.2, -0.15) is 10.5 Å². The number of Topliss-reactive ketones (excluding diaryl/α,β-unsaturated/α-hetero) is 1. The minimum atomic E-state index is -1.51. The lowest BCUT2D eigenvalue weighted by molar-refractivity contribution is -0.118. The summed E-state index contributed by atoms with van der Waals surface area (Å²) in [6.07, 6.45) is 0.0145. The van der Waals surface area contributed by atoms with Gasteiger partial charge in [-0.15, -0.1) is 0 Å². The van der Waals surface area contributed by atoms with E-state index in [1.54, 1.807) is 13.8 Å². The fraction of sp³-hybridized carbons (Fsp3) is 0.292. The molecule has 1 aliphatic rings. The Morgan fingerprint density at radius 1 is 1.00 bits per heavy atom. The molecule has 0 aliphatic heterocycles. The molecule has 2 atom stereocenters. The predicted molar refractivity (Wildman–Crippen MR) is 106 cm³/mol. The highest BCUT2D eigenvalue weighted by atomic mass is 16.3. The smallest absolute Gasteiger partial charge is 0.163 e. The quantitative estimate of drug-likeness (QED) is 0.607. The van der Waals surface area contributed by atoms with E-state index in [4.69, 9.17) is 0 Å². The van der Waals surface area contributed by atoms with Crippen molar-refractivity contribution in [2.45, 2.75) is 32.1 Å². The number of benzene rings is 2. The highest BCUT2D eigenvalue weighted by Crippen LogP contribution is 2.56. The van der Waals surface area contributed by atoms with Crippen molar-refractivity contribution in [3.8, 4) is 12.1 Å². The van der Waals surface area contributed by atoms with Crippen molar-refractivity contribution < 1.29 is 9.90 Å². The summed E-state index contributed by atoms with van der Waals surface area (Å²) < 4.78 is 0. The number of allylic oxidation sites excluding steroid dienone is 2. The fourth-order valence-corrected chi connectivity index (χ4v) is 4.10. The summed E-state index contributed by atoms with van der Waals surface area (Å²) in [7, 11) is 0. The van der Waals surface area contributed by atoms with Gasteiger partial charge in [0.25, 0.3) is 0 Å². The Kier molecular flexibility index (Phi) is 5.34. The summed E-state index contributed by atoms with van der Waals surface area (Å²) >= 11 is 0. The van der Waals surface area contributed by atoms with Crippen LogP contribution in [0.25, 0.3) is 0 Å².